The number of nitrogens with zero attached hydrogens (tertiary/aromatic N) is 2. The normalized spacial score (nSPS) is 11.3. The summed E-state index contributed by atoms with van der Waals surface area (Å²) in [7, 11) is -0.489. The number of benzene rings is 1. The lowest BCUT2D eigenvalue weighted by molar-refractivity contribution is 0.417. The smallest absolute Gasteiger partial charge is 0.265 e. The summed E-state index contributed by atoms with van der Waals surface area (Å²) in [4.78, 5) is 0.154. The number of aromatic nitrogens is 2. The van der Waals surface area contributed by atoms with E-state index in [2.05, 4.69) is 9.82 Å². The van der Waals surface area contributed by atoms with Gasteiger partial charge < -0.3 is 4.74 Å². The summed E-state index contributed by atoms with van der Waals surface area (Å²) in [5.41, 5.74) is 0.968. The van der Waals surface area contributed by atoms with Crippen LogP contribution in [0, 0.1) is 6.92 Å². The van der Waals surface area contributed by atoms with E-state index in [9.17, 15) is 8.42 Å². The van der Waals surface area contributed by atoms with Gasteiger partial charge in [-0.05, 0) is 19.1 Å². The first-order chi connectivity index (χ1) is 8.95. The van der Waals surface area contributed by atoms with Crippen molar-refractivity contribution >= 4 is 15.7 Å². The zero-order valence-electron chi connectivity index (χ0n) is 10.9. The molecule has 2 aromatic rings. The minimum Gasteiger partial charge on any atom is -0.495 e. The molecule has 0 radical (unpaired) electrons. The molecule has 6 nitrogen and oxygen atoms in total. The van der Waals surface area contributed by atoms with Gasteiger partial charge in [0, 0.05) is 7.05 Å². The molecule has 1 aromatic carbocycles. The summed E-state index contributed by atoms with van der Waals surface area (Å²) in [6, 6.07) is 6.83. The Bertz CT molecular complexity index is 692. The SMILES string of the molecule is COc1ccccc1NS(=O)(=O)c1cnn(C)c1C. The summed E-state index contributed by atoms with van der Waals surface area (Å²) in [5.74, 6) is 0.465. The van der Waals surface area contributed by atoms with Crippen molar-refractivity contribution in [2.45, 2.75) is 11.8 Å². The van der Waals surface area contributed by atoms with Gasteiger partial charge in [-0.15, -0.1) is 0 Å². The van der Waals surface area contributed by atoms with Crippen molar-refractivity contribution in [2.24, 2.45) is 7.05 Å². The molecule has 0 unspecified atom stereocenters. The van der Waals surface area contributed by atoms with E-state index < -0.39 is 10.0 Å². The summed E-state index contributed by atoms with van der Waals surface area (Å²) in [6.45, 7) is 1.70. The Balaban J connectivity index is 2.39. The molecule has 0 aliphatic carbocycles. The topological polar surface area (TPSA) is 73.2 Å². The Hall–Kier alpha value is -2.02. The first-order valence-corrected chi connectivity index (χ1v) is 7.08. The Labute approximate surface area is 112 Å². The highest BCUT2D eigenvalue weighted by atomic mass is 32.2. The van der Waals surface area contributed by atoms with Crippen LogP contribution in [0.1, 0.15) is 5.69 Å². The molecule has 1 aromatic heterocycles. The van der Waals surface area contributed by atoms with Crippen LogP contribution in [0.5, 0.6) is 5.75 Å². The van der Waals surface area contributed by atoms with Gasteiger partial charge in [0.15, 0.2) is 0 Å². The number of sulfonamides is 1. The van der Waals surface area contributed by atoms with E-state index in [4.69, 9.17) is 4.74 Å². The van der Waals surface area contributed by atoms with Crippen molar-refractivity contribution in [3.63, 3.8) is 0 Å². The van der Waals surface area contributed by atoms with E-state index in [-0.39, 0.29) is 4.90 Å². The number of ether oxygens (including phenoxy) is 1. The molecule has 0 atom stereocenters. The molecule has 1 heterocycles. The molecule has 0 bridgehead atoms. The molecule has 0 fully saturated rings. The van der Waals surface area contributed by atoms with E-state index in [0.717, 1.165) is 0 Å². The maximum Gasteiger partial charge on any atom is 0.265 e. The Kier molecular flexibility index (Phi) is 3.48. The molecule has 0 aliphatic rings. The zero-order chi connectivity index (χ0) is 14.0. The Morgan fingerprint density at radius 2 is 2.00 bits per heavy atom. The lowest BCUT2D eigenvalue weighted by Crippen LogP contribution is -2.14. The van der Waals surface area contributed by atoms with Crippen LogP contribution < -0.4 is 9.46 Å². The van der Waals surface area contributed by atoms with E-state index >= 15 is 0 Å². The summed E-state index contributed by atoms with van der Waals surface area (Å²) < 4.78 is 33.7. The molecule has 7 heteroatoms. The number of hydrogen-bond acceptors (Lipinski definition) is 4. The highest BCUT2D eigenvalue weighted by Gasteiger charge is 2.21. The first kappa shape index (κ1) is 13.4. The van der Waals surface area contributed by atoms with Gasteiger partial charge >= 0.3 is 0 Å². The average Bonchev–Trinajstić information content (AvgIpc) is 2.71. The molecular formula is C12H15N3O3S. The van der Waals surface area contributed by atoms with Gasteiger partial charge in [-0.2, -0.15) is 5.10 Å². The maximum absolute atomic E-state index is 12.3. The molecule has 1 N–H and O–H groups in total. The van der Waals surface area contributed by atoms with Crippen LogP contribution >= 0.6 is 0 Å². The van der Waals surface area contributed by atoms with Crippen molar-refractivity contribution in [1.82, 2.24) is 9.78 Å². The largest absolute Gasteiger partial charge is 0.495 e. The van der Waals surface area contributed by atoms with Crippen LogP contribution in [0.3, 0.4) is 0 Å². The molecule has 0 aliphatic heterocycles. The number of anilines is 1. The number of para-hydroxylation sites is 2. The summed E-state index contributed by atoms with van der Waals surface area (Å²) >= 11 is 0. The second-order valence-corrected chi connectivity index (χ2v) is 5.67. The van der Waals surface area contributed by atoms with E-state index in [1.165, 1.54) is 18.0 Å². The van der Waals surface area contributed by atoms with E-state index in [0.29, 0.717) is 17.1 Å². The van der Waals surface area contributed by atoms with Crippen LogP contribution in [0.4, 0.5) is 5.69 Å². The monoisotopic (exact) mass is 281 g/mol. The maximum atomic E-state index is 12.3. The predicted molar refractivity (Wildman–Crippen MR) is 71.7 cm³/mol. The third kappa shape index (κ3) is 2.55. The van der Waals surface area contributed by atoms with Crippen molar-refractivity contribution in [2.75, 3.05) is 11.8 Å². The van der Waals surface area contributed by atoms with Crippen LogP contribution in [0.15, 0.2) is 35.4 Å². The first-order valence-electron chi connectivity index (χ1n) is 5.60. The molecule has 2 rings (SSSR count). The van der Waals surface area contributed by atoms with E-state index in [1.54, 1.807) is 38.2 Å². The highest BCUT2D eigenvalue weighted by Crippen LogP contribution is 2.26. The van der Waals surface area contributed by atoms with Crippen molar-refractivity contribution in [3.05, 3.63) is 36.2 Å². The summed E-state index contributed by atoms with van der Waals surface area (Å²) in [5, 5.41) is 3.93. The third-order valence-corrected chi connectivity index (χ3v) is 4.30. The minimum absolute atomic E-state index is 0.154. The summed E-state index contributed by atoms with van der Waals surface area (Å²) in [6.07, 6.45) is 1.33. The molecule has 0 saturated heterocycles. The Morgan fingerprint density at radius 1 is 1.32 bits per heavy atom. The van der Waals surface area contributed by atoms with Gasteiger partial charge in [-0.25, -0.2) is 8.42 Å². The van der Waals surface area contributed by atoms with Crippen LogP contribution in [-0.4, -0.2) is 25.3 Å². The quantitative estimate of drug-likeness (QED) is 0.922. The average molecular weight is 281 g/mol. The van der Waals surface area contributed by atoms with Gasteiger partial charge in [0.1, 0.15) is 10.6 Å². The fourth-order valence-electron chi connectivity index (χ4n) is 1.67. The number of rotatable bonds is 4. The molecule has 0 amide bonds. The molecule has 0 saturated carbocycles. The number of methoxy groups -OCH3 is 1. The van der Waals surface area contributed by atoms with E-state index in [1.807, 2.05) is 0 Å². The van der Waals surface area contributed by atoms with Gasteiger partial charge in [-0.1, -0.05) is 12.1 Å². The third-order valence-electron chi connectivity index (χ3n) is 2.83. The number of aryl methyl sites for hydroxylation is 1. The molecular weight excluding hydrogens is 266 g/mol. The Morgan fingerprint density at radius 3 is 2.58 bits per heavy atom. The van der Waals surface area contributed by atoms with Gasteiger partial charge in [0.25, 0.3) is 10.0 Å². The van der Waals surface area contributed by atoms with Crippen molar-refractivity contribution in [3.8, 4) is 5.75 Å². The molecule has 0 spiro atoms. The van der Waals surface area contributed by atoms with Crippen LogP contribution in [0.2, 0.25) is 0 Å². The number of hydrogen-bond donors (Lipinski definition) is 1. The van der Waals surface area contributed by atoms with Gasteiger partial charge in [-0.3, -0.25) is 9.40 Å². The lowest BCUT2D eigenvalue weighted by Gasteiger charge is -2.11. The van der Waals surface area contributed by atoms with Crippen molar-refractivity contribution in [1.29, 1.82) is 0 Å². The second-order valence-electron chi connectivity index (χ2n) is 4.02. The van der Waals surface area contributed by atoms with Crippen LogP contribution in [0.25, 0.3) is 0 Å². The lowest BCUT2D eigenvalue weighted by atomic mass is 10.3. The van der Waals surface area contributed by atoms with Crippen molar-refractivity contribution < 1.29 is 13.2 Å². The second kappa shape index (κ2) is 4.93. The van der Waals surface area contributed by atoms with Gasteiger partial charge in [0.05, 0.1) is 24.7 Å². The van der Waals surface area contributed by atoms with Gasteiger partial charge in [0.2, 0.25) is 0 Å². The highest BCUT2D eigenvalue weighted by molar-refractivity contribution is 7.92. The molecule has 102 valence electrons. The standard InChI is InChI=1S/C12H15N3O3S/c1-9-12(8-13-15(9)2)19(16,17)14-10-6-4-5-7-11(10)18-3/h4-8,14H,1-3H3. The zero-order valence-corrected chi connectivity index (χ0v) is 11.7. The fourth-order valence-corrected chi connectivity index (χ4v) is 2.95. The number of nitrogens with one attached hydrogen (secondary N) is 1. The van der Waals surface area contributed by atoms with Crippen LogP contribution in [-0.2, 0) is 17.1 Å². The molecule has 19 heavy (non-hydrogen) atoms. The fraction of sp³-hybridized carbons (Fsp3) is 0.250. The predicted octanol–water partition coefficient (Wildman–Crippen LogP) is 1.54. The minimum atomic E-state index is -3.67.